The van der Waals surface area contributed by atoms with E-state index in [1.807, 2.05) is 0 Å². The third-order valence-electron chi connectivity index (χ3n) is 2.58. The topological polar surface area (TPSA) is 70.4 Å². The molecule has 0 amide bonds. The van der Waals surface area contributed by atoms with E-state index in [1.165, 1.54) is 12.3 Å². The lowest BCUT2D eigenvalue weighted by Crippen LogP contribution is -2.02. The van der Waals surface area contributed by atoms with E-state index in [9.17, 15) is 9.90 Å². The molecule has 7 heteroatoms. The van der Waals surface area contributed by atoms with Crippen molar-refractivity contribution in [2.45, 2.75) is 6.42 Å². The van der Waals surface area contributed by atoms with E-state index < -0.39 is 5.97 Å². The number of benzene rings is 1. The van der Waals surface area contributed by atoms with Gasteiger partial charge in [0.25, 0.3) is 0 Å². The molecule has 0 aliphatic heterocycles. The Hall–Kier alpha value is -1.49. The van der Waals surface area contributed by atoms with Gasteiger partial charge in [0.05, 0.1) is 27.2 Å². The van der Waals surface area contributed by atoms with Gasteiger partial charge in [0.2, 0.25) is 0 Å². The van der Waals surface area contributed by atoms with E-state index in [4.69, 9.17) is 39.9 Å². The molecule has 0 radical (unpaired) electrons. The summed E-state index contributed by atoms with van der Waals surface area (Å²) in [4.78, 5) is 14.5. The number of hydrogen-bond acceptors (Lipinski definition) is 3. The molecular weight excluding hydrogens is 325 g/mol. The smallest absolute Gasteiger partial charge is 0.309 e. The van der Waals surface area contributed by atoms with Gasteiger partial charge in [-0.25, -0.2) is 0 Å². The molecule has 0 unspecified atom stereocenters. The van der Waals surface area contributed by atoms with E-state index >= 15 is 0 Å². The summed E-state index contributed by atoms with van der Waals surface area (Å²) in [6.07, 6.45) is 1.09. The second kappa shape index (κ2) is 5.87. The highest BCUT2D eigenvalue weighted by Gasteiger charge is 2.12. The SMILES string of the molecule is O=C(O)Cc1ncc(-c2cc(Cl)c(Cl)c(Cl)c2)cc1O. The van der Waals surface area contributed by atoms with Crippen molar-refractivity contribution in [3.8, 4) is 16.9 Å². The number of aromatic hydroxyl groups is 1. The van der Waals surface area contributed by atoms with Gasteiger partial charge in [-0.05, 0) is 23.8 Å². The van der Waals surface area contributed by atoms with Crippen LogP contribution in [0.2, 0.25) is 15.1 Å². The molecule has 0 spiro atoms. The van der Waals surface area contributed by atoms with Gasteiger partial charge in [0.1, 0.15) is 5.75 Å². The Morgan fingerprint density at radius 1 is 1.10 bits per heavy atom. The van der Waals surface area contributed by atoms with E-state index in [0.29, 0.717) is 11.1 Å². The summed E-state index contributed by atoms with van der Waals surface area (Å²) in [5.74, 6) is -1.27. The van der Waals surface area contributed by atoms with Crippen molar-refractivity contribution in [3.63, 3.8) is 0 Å². The minimum absolute atomic E-state index is 0.0902. The number of hydrogen-bond donors (Lipinski definition) is 2. The molecule has 0 saturated heterocycles. The number of pyridine rings is 1. The van der Waals surface area contributed by atoms with Gasteiger partial charge >= 0.3 is 5.97 Å². The summed E-state index contributed by atoms with van der Waals surface area (Å²) in [7, 11) is 0. The molecule has 0 saturated carbocycles. The molecule has 1 heterocycles. The Balaban J connectivity index is 2.44. The minimum atomic E-state index is -1.07. The fraction of sp³-hybridized carbons (Fsp3) is 0.0769. The first kappa shape index (κ1) is 14.9. The number of carbonyl (C=O) groups is 1. The van der Waals surface area contributed by atoms with Gasteiger partial charge < -0.3 is 10.2 Å². The molecule has 0 aliphatic carbocycles. The number of halogens is 3. The average molecular weight is 333 g/mol. The first-order valence-electron chi connectivity index (χ1n) is 5.43. The van der Waals surface area contributed by atoms with Gasteiger partial charge in [0.15, 0.2) is 0 Å². The van der Waals surface area contributed by atoms with Crippen LogP contribution >= 0.6 is 34.8 Å². The molecule has 0 bridgehead atoms. The standard InChI is InChI=1S/C13H8Cl3NO3/c14-8-1-6(2-9(15)13(8)16)7-3-11(18)10(17-5-7)4-12(19)20/h1-3,5,18H,4H2,(H,19,20). The maximum Gasteiger partial charge on any atom is 0.309 e. The molecule has 104 valence electrons. The third-order valence-corrected chi connectivity index (χ3v) is 3.78. The number of aliphatic carboxylic acids is 1. The first-order chi connectivity index (χ1) is 9.38. The number of rotatable bonds is 3. The number of nitrogens with zero attached hydrogens (tertiary/aromatic N) is 1. The Morgan fingerprint density at radius 3 is 2.20 bits per heavy atom. The van der Waals surface area contributed by atoms with Crippen LogP contribution in [0.3, 0.4) is 0 Å². The molecule has 0 atom stereocenters. The lowest BCUT2D eigenvalue weighted by atomic mass is 10.1. The van der Waals surface area contributed by atoms with E-state index in [2.05, 4.69) is 4.98 Å². The molecule has 4 nitrogen and oxygen atoms in total. The van der Waals surface area contributed by atoms with Crippen LogP contribution in [-0.2, 0) is 11.2 Å². The largest absolute Gasteiger partial charge is 0.506 e. The number of carboxylic acid groups (broad SMARTS) is 1. The maximum atomic E-state index is 10.6. The van der Waals surface area contributed by atoms with Crippen LogP contribution in [0.5, 0.6) is 5.75 Å². The van der Waals surface area contributed by atoms with Crippen molar-refractivity contribution in [1.82, 2.24) is 4.98 Å². The van der Waals surface area contributed by atoms with Crippen LogP contribution in [0, 0.1) is 0 Å². The Morgan fingerprint density at radius 2 is 1.70 bits per heavy atom. The molecule has 2 aromatic rings. The molecule has 1 aromatic carbocycles. The first-order valence-corrected chi connectivity index (χ1v) is 6.56. The van der Waals surface area contributed by atoms with Crippen molar-refractivity contribution < 1.29 is 15.0 Å². The summed E-state index contributed by atoms with van der Waals surface area (Å²) in [5, 5.41) is 19.3. The highest BCUT2D eigenvalue weighted by atomic mass is 35.5. The van der Waals surface area contributed by atoms with E-state index in [0.717, 1.165) is 0 Å². The van der Waals surface area contributed by atoms with Crippen LogP contribution in [0.15, 0.2) is 24.4 Å². The van der Waals surface area contributed by atoms with Crippen molar-refractivity contribution >= 4 is 40.8 Å². The summed E-state index contributed by atoms with van der Waals surface area (Å²) in [6.45, 7) is 0. The molecule has 1 aromatic heterocycles. The summed E-state index contributed by atoms with van der Waals surface area (Å²) in [6, 6.07) is 4.58. The monoisotopic (exact) mass is 331 g/mol. The lowest BCUT2D eigenvalue weighted by molar-refractivity contribution is -0.136. The van der Waals surface area contributed by atoms with Crippen molar-refractivity contribution in [1.29, 1.82) is 0 Å². The van der Waals surface area contributed by atoms with Gasteiger partial charge in [-0.3, -0.25) is 9.78 Å². The molecule has 2 N–H and O–H groups in total. The van der Waals surface area contributed by atoms with Crippen LogP contribution in [0.1, 0.15) is 5.69 Å². The Kier molecular flexibility index (Phi) is 4.38. The zero-order chi connectivity index (χ0) is 14.9. The second-order valence-corrected chi connectivity index (χ2v) is 5.21. The highest BCUT2D eigenvalue weighted by Crippen LogP contribution is 2.35. The zero-order valence-corrected chi connectivity index (χ0v) is 12.2. The van der Waals surface area contributed by atoms with Crippen molar-refractivity contribution in [2.24, 2.45) is 0 Å². The van der Waals surface area contributed by atoms with E-state index in [1.54, 1.807) is 12.1 Å². The molecular formula is C13H8Cl3NO3. The fourth-order valence-corrected chi connectivity index (χ4v) is 2.24. The van der Waals surface area contributed by atoms with Crippen molar-refractivity contribution in [2.75, 3.05) is 0 Å². The van der Waals surface area contributed by atoms with Crippen molar-refractivity contribution in [3.05, 3.63) is 45.2 Å². The fourth-order valence-electron chi connectivity index (χ4n) is 1.64. The predicted octanol–water partition coefficient (Wildman–Crippen LogP) is 4.04. The van der Waals surface area contributed by atoms with Gasteiger partial charge in [0, 0.05) is 11.8 Å². The van der Waals surface area contributed by atoms with Crippen LogP contribution in [0.4, 0.5) is 0 Å². The van der Waals surface area contributed by atoms with Crippen LogP contribution < -0.4 is 0 Å². The van der Waals surface area contributed by atoms with E-state index in [-0.39, 0.29) is 32.9 Å². The molecule has 2 rings (SSSR count). The van der Waals surface area contributed by atoms with Gasteiger partial charge in [-0.2, -0.15) is 0 Å². The average Bonchev–Trinajstić information content (AvgIpc) is 2.37. The Labute approximate surface area is 129 Å². The summed E-state index contributed by atoms with van der Waals surface area (Å²) >= 11 is 17.7. The summed E-state index contributed by atoms with van der Waals surface area (Å²) < 4.78 is 0. The van der Waals surface area contributed by atoms with Crippen LogP contribution in [-0.4, -0.2) is 21.2 Å². The molecule has 0 aliphatic rings. The predicted molar refractivity (Wildman–Crippen MR) is 77.7 cm³/mol. The lowest BCUT2D eigenvalue weighted by Gasteiger charge is -2.07. The van der Waals surface area contributed by atoms with Gasteiger partial charge in [-0.1, -0.05) is 34.8 Å². The quantitative estimate of drug-likeness (QED) is 0.832. The normalized spacial score (nSPS) is 10.6. The molecule has 0 fully saturated rings. The summed E-state index contributed by atoms with van der Waals surface area (Å²) in [5.41, 5.74) is 1.26. The minimum Gasteiger partial charge on any atom is -0.506 e. The maximum absolute atomic E-state index is 10.6. The zero-order valence-electron chi connectivity index (χ0n) is 9.90. The second-order valence-electron chi connectivity index (χ2n) is 4.01. The third kappa shape index (κ3) is 3.15. The Bertz CT molecular complexity index is 666. The van der Waals surface area contributed by atoms with Gasteiger partial charge in [-0.15, -0.1) is 0 Å². The number of carboxylic acids is 1. The number of aromatic nitrogens is 1. The van der Waals surface area contributed by atoms with Crippen LogP contribution in [0.25, 0.3) is 11.1 Å². The highest BCUT2D eigenvalue weighted by molar-refractivity contribution is 6.48. The molecule has 20 heavy (non-hydrogen) atoms.